The number of aromatic amines is 1. The third-order valence-electron chi connectivity index (χ3n) is 2.04. The molecule has 14 heavy (non-hydrogen) atoms. The number of hydrogen-bond donors (Lipinski definition) is 1. The van der Waals surface area contributed by atoms with Crippen LogP contribution in [0.3, 0.4) is 0 Å². The number of pyridine rings is 1. The number of ether oxygens (including phenoxy) is 1. The average Bonchev–Trinajstić information content (AvgIpc) is 2.20. The van der Waals surface area contributed by atoms with Crippen molar-refractivity contribution in [1.29, 1.82) is 0 Å². The first-order valence-electron chi connectivity index (χ1n) is 4.08. The maximum absolute atomic E-state index is 11.6. The molecule has 0 aliphatic rings. The van der Waals surface area contributed by atoms with Crippen LogP contribution in [0, 0.1) is 0 Å². The van der Waals surface area contributed by atoms with Crippen LogP contribution in [0.4, 0.5) is 0 Å². The minimum Gasteiger partial charge on any atom is -0.496 e. The average molecular weight is 254 g/mol. The number of halogens is 1. The van der Waals surface area contributed by atoms with Crippen molar-refractivity contribution in [3.63, 3.8) is 0 Å². The van der Waals surface area contributed by atoms with Gasteiger partial charge in [0, 0.05) is 16.7 Å². The predicted molar refractivity (Wildman–Crippen MR) is 58.8 cm³/mol. The molecule has 0 fully saturated rings. The van der Waals surface area contributed by atoms with Crippen molar-refractivity contribution in [2.75, 3.05) is 7.11 Å². The van der Waals surface area contributed by atoms with E-state index in [0.29, 0.717) is 11.1 Å². The Kier molecular flexibility index (Phi) is 2.29. The van der Waals surface area contributed by atoms with E-state index in [4.69, 9.17) is 4.74 Å². The van der Waals surface area contributed by atoms with Crippen LogP contribution in [-0.4, -0.2) is 12.1 Å². The summed E-state index contributed by atoms with van der Waals surface area (Å²) >= 11 is 3.37. The molecule has 0 spiro atoms. The molecule has 72 valence electrons. The summed E-state index contributed by atoms with van der Waals surface area (Å²) in [4.78, 5) is 14.6. The number of methoxy groups -OCH3 is 1. The summed E-state index contributed by atoms with van der Waals surface area (Å²) in [6.07, 6.45) is 1.62. The molecule has 0 atom stereocenters. The van der Waals surface area contributed by atoms with Crippen molar-refractivity contribution in [3.8, 4) is 5.75 Å². The van der Waals surface area contributed by atoms with E-state index < -0.39 is 0 Å². The summed E-state index contributed by atoms with van der Waals surface area (Å²) in [5, 5.41) is 0.573. The normalized spacial score (nSPS) is 10.4. The molecule has 0 saturated heterocycles. The summed E-state index contributed by atoms with van der Waals surface area (Å²) in [6, 6.07) is 5.09. The molecule has 0 amide bonds. The van der Waals surface area contributed by atoms with Gasteiger partial charge in [-0.05, 0) is 28.1 Å². The standard InChI is InChI=1S/C10H8BrNO2/c1-14-8-3-2-6(11)10-9(8)7(13)4-5-12-10/h2-5H,1H3,(H,12,13). The zero-order chi connectivity index (χ0) is 10.1. The highest BCUT2D eigenvalue weighted by Gasteiger charge is 2.07. The molecular weight excluding hydrogens is 246 g/mol. The molecule has 3 nitrogen and oxygen atoms in total. The third kappa shape index (κ3) is 1.32. The van der Waals surface area contributed by atoms with Crippen LogP contribution in [0.1, 0.15) is 0 Å². The second kappa shape index (κ2) is 3.46. The van der Waals surface area contributed by atoms with Crippen molar-refractivity contribution in [3.05, 3.63) is 39.1 Å². The second-order valence-electron chi connectivity index (χ2n) is 2.84. The molecule has 0 aliphatic carbocycles. The minimum atomic E-state index is -0.0445. The molecule has 1 aromatic heterocycles. The van der Waals surface area contributed by atoms with E-state index in [1.165, 1.54) is 6.07 Å². The van der Waals surface area contributed by atoms with Gasteiger partial charge < -0.3 is 9.72 Å². The summed E-state index contributed by atoms with van der Waals surface area (Å²) < 4.78 is 5.98. The maximum Gasteiger partial charge on any atom is 0.193 e. The number of nitrogens with one attached hydrogen (secondary N) is 1. The lowest BCUT2D eigenvalue weighted by atomic mass is 10.2. The Morgan fingerprint density at radius 2 is 2.14 bits per heavy atom. The van der Waals surface area contributed by atoms with Gasteiger partial charge in [-0.15, -0.1) is 0 Å². The summed E-state index contributed by atoms with van der Waals surface area (Å²) in [5.41, 5.74) is 0.716. The van der Waals surface area contributed by atoms with Crippen LogP contribution < -0.4 is 10.2 Å². The largest absolute Gasteiger partial charge is 0.496 e. The van der Waals surface area contributed by atoms with Crippen LogP contribution in [0.15, 0.2) is 33.7 Å². The maximum atomic E-state index is 11.6. The van der Waals surface area contributed by atoms with Gasteiger partial charge in [-0.2, -0.15) is 0 Å². The molecule has 0 saturated carbocycles. The van der Waals surface area contributed by atoms with Crippen LogP contribution in [-0.2, 0) is 0 Å². The van der Waals surface area contributed by atoms with Gasteiger partial charge in [0.15, 0.2) is 5.43 Å². The van der Waals surface area contributed by atoms with Gasteiger partial charge in [0.2, 0.25) is 0 Å². The zero-order valence-corrected chi connectivity index (χ0v) is 9.09. The number of rotatable bonds is 1. The van der Waals surface area contributed by atoms with E-state index in [-0.39, 0.29) is 5.43 Å². The van der Waals surface area contributed by atoms with E-state index in [0.717, 1.165) is 9.99 Å². The minimum absolute atomic E-state index is 0.0445. The Labute approximate surface area is 88.8 Å². The van der Waals surface area contributed by atoms with Crippen LogP contribution in [0.2, 0.25) is 0 Å². The second-order valence-corrected chi connectivity index (χ2v) is 3.70. The monoisotopic (exact) mass is 253 g/mol. The van der Waals surface area contributed by atoms with E-state index in [1.54, 1.807) is 19.4 Å². The van der Waals surface area contributed by atoms with Crippen molar-refractivity contribution in [1.82, 2.24) is 4.98 Å². The fourth-order valence-electron chi connectivity index (χ4n) is 1.40. The van der Waals surface area contributed by atoms with Gasteiger partial charge in [-0.3, -0.25) is 4.79 Å². The molecule has 0 aliphatic heterocycles. The van der Waals surface area contributed by atoms with Crippen molar-refractivity contribution in [2.45, 2.75) is 0 Å². The highest BCUT2D eigenvalue weighted by atomic mass is 79.9. The van der Waals surface area contributed by atoms with Gasteiger partial charge in [0.1, 0.15) is 5.75 Å². The third-order valence-corrected chi connectivity index (χ3v) is 2.71. The molecular formula is C10H8BrNO2. The molecule has 1 aromatic carbocycles. The number of aromatic nitrogens is 1. The summed E-state index contributed by atoms with van der Waals surface area (Å²) in [7, 11) is 1.55. The Balaban J connectivity index is 3.00. The van der Waals surface area contributed by atoms with Crippen LogP contribution in [0.5, 0.6) is 5.75 Å². The van der Waals surface area contributed by atoms with E-state index in [2.05, 4.69) is 20.9 Å². The molecule has 4 heteroatoms. The van der Waals surface area contributed by atoms with Gasteiger partial charge in [0.25, 0.3) is 0 Å². The summed E-state index contributed by atoms with van der Waals surface area (Å²) in [6.45, 7) is 0. The smallest absolute Gasteiger partial charge is 0.193 e. The van der Waals surface area contributed by atoms with Crippen molar-refractivity contribution in [2.24, 2.45) is 0 Å². The first kappa shape index (κ1) is 9.27. The lowest BCUT2D eigenvalue weighted by Gasteiger charge is -2.05. The molecule has 2 rings (SSSR count). The number of benzene rings is 1. The molecule has 2 aromatic rings. The number of hydrogen-bond acceptors (Lipinski definition) is 2. The molecule has 0 unspecified atom stereocenters. The Morgan fingerprint density at radius 1 is 1.36 bits per heavy atom. The first-order chi connectivity index (χ1) is 6.74. The topological polar surface area (TPSA) is 42.1 Å². The SMILES string of the molecule is COc1ccc(Br)c2[nH]ccc(=O)c12. The fourth-order valence-corrected chi connectivity index (χ4v) is 1.84. The Hall–Kier alpha value is -1.29. The molecule has 0 radical (unpaired) electrons. The highest BCUT2D eigenvalue weighted by molar-refractivity contribution is 9.10. The zero-order valence-electron chi connectivity index (χ0n) is 7.50. The van der Waals surface area contributed by atoms with Gasteiger partial charge in [-0.25, -0.2) is 0 Å². The number of fused-ring (bicyclic) bond motifs is 1. The van der Waals surface area contributed by atoms with Crippen LogP contribution in [0.25, 0.3) is 10.9 Å². The van der Waals surface area contributed by atoms with Gasteiger partial charge in [0.05, 0.1) is 18.0 Å². The van der Waals surface area contributed by atoms with E-state index in [1.807, 2.05) is 6.07 Å². The van der Waals surface area contributed by atoms with Crippen molar-refractivity contribution >= 4 is 26.8 Å². The van der Waals surface area contributed by atoms with Crippen LogP contribution >= 0.6 is 15.9 Å². The van der Waals surface area contributed by atoms with E-state index in [9.17, 15) is 4.79 Å². The molecule has 0 bridgehead atoms. The van der Waals surface area contributed by atoms with Gasteiger partial charge in [-0.1, -0.05) is 0 Å². The van der Waals surface area contributed by atoms with E-state index >= 15 is 0 Å². The molecule has 1 N–H and O–H groups in total. The number of H-pyrrole nitrogens is 1. The quantitative estimate of drug-likeness (QED) is 0.848. The fraction of sp³-hybridized carbons (Fsp3) is 0.100. The summed E-state index contributed by atoms with van der Waals surface area (Å²) in [5.74, 6) is 0.588. The Bertz CT molecular complexity index is 533. The predicted octanol–water partition coefficient (Wildman–Crippen LogP) is 2.30. The first-order valence-corrected chi connectivity index (χ1v) is 4.87. The Morgan fingerprint density at radius 3 is 2.86 bits per heavy atom. The lowest BCUT2D eigenvalue weighted by Crippen LogP contribution is -2.02. The lowest BCUT2D eigenvalue weighted by molar-refractivity contribution is 0.419. The highest BCUT2D eigenvalue weighted by Crippen LogP contribution is 2.27. The van der Waals surface area contributed by atoms with Gasteiger partial charge >= 0.3 is 0 Å². The van der Waals surface area contributed by atoms with Crippen molar-refractivity contribution < 1.29 is 4.74 Å². The molecule has 1 heterocycles.